The second-order valence-corrected chi connectivity index (χ2v) is 9.14. The number of carbonyl (C=O) groups is 1. The van der Waals surface area contributed by atoms with E-state index in [1.165, 1.54) is 12.1 Å². The van der Waals surface area contributed by atoms with Gasteiger partial charge >= 0.3 is 5.97 Å². The molecule has 3 aromatic rings. The number of allylic oxidation sites excluding steroid dienone is 1. The lowest BCUT2D eigenvalue weighted by molar-refractivity contribution is -0.131. The highest BCUT2D eigenvalue weighted by atomic mass is 35.5. The standard InChI is InChI=1S/C28H24ClFN4O2/c29-24-16-22(30)13-14-23(24)27(18-2-1-3-18)26(19-7-4-17(5-8-19)6-15-25(35)36)20-9-11-21(12-10-20)28-31-33-34-32-28/h4-16,18,33-34H,1-3H2,(H,31,32)(H,35,36)/b15-6+,27-26+. The number of hydrogen-bond donors (Lipinski definition) is 4. The first-order valence-electron chi connectivity index (χ1n) is 11.6. The summed E-state index contributed by atoms with van der Waals surface area (Å²) >= 11 is 6.60. The van der Waals surface area contributed by atoms with E-state index >= 15 is 0 Å². The van der Waals surface area contributed by atoms with Gasteiger partial charge in [-0.15, -0.1) is 10.6 Å². The minimum atomic E-state index is -0.996. The predicted octanol–water partition coefficient (Wildman–Crippen LogP) is 5.61. The molecule has 0 amide bonds. The second kappa shape index (κ2) is 10.4. The summed E-state index contributed by atoms with van der Waals surface area (Å²) < 4.78 is 13.9. The first-order chi connectivity index (χ1) is 17.5. The zero-order chi connectivity index (χ0) is 25.1. The van der Waals surface area contributed by atoms with Gasteiger partial charge in [0.1, 0.15) is 5.82 Å². The van der Waals surface area contributed by atoms with Crippen LogP contribution in [-0.2, 0) is 4.79 Å². The van der Waals surface area contributed by atoms with Gasteiger partial charge in [-0.05, 0) is 70.4 Å². The maximum Gasteiger partial charge on any atom is 0.328 e. The van der Waals surface area contributed by atoms with E-state index in [1.54, 1.807) is 12.1 Å². The summed E-state index contributed by atoms with van der Waals surface area (Å²) in [5.41, 5.74) is 15.0. The van der Waals surface area contributed by atoms with Crippen molar-refractivity contribution < 1.29 is 14.3 Å². The van der Waals surface area contributed by atoms with Gasteiger partial charge in [-0.25, -0.2) is 14.7 Å². The summed E-state index contributed by atoms with van der Waals surface area (Å²) in [5, 5.41) is 13.5. The molecule has 182 valence electrons. The molecule has 4 N–H and O–H groups in total. The molecule has 0 atom stereocenters. The number of nitrogens with one attached hydrogen (secondary N) is 3. The molecule has 1 saturated carbocycles. The summed E-state index contributed by atoms with van der Waals surface area (Å²) in [7, 11) is 0. The van der Waals surface area contributed by atoms with E-state index in [9.17, 15) is 9.18 Å². The van der Waals surface area contributed by atoms with Gasteiger partial charge in [-0.3, -0.25) is 5.43 Å². The number of rotatable bonds is 7. The third kappa shape index (κ3) is 5.03. The van der Waals surface area contributed by atoms with Crippen LogP contribution in [0.3, 0.4) is 0 Å². The highest BCUT2D eigenvalue weighted by molar-refractivity contribution is 6.32. The number of hydrogen-bond acceptors (Lipinski definition) is 5. The van der Waals surface area contributed by atoms with Gasteiger partial charge in [0.25, 0.3) is 0 Å². The topological polar surface area (TPSA) is 85.8 Å². The molecule has 5 rings (SSSR count). The zero-order valence-corrected chi connectivity index (χ0v) is 20.0. The molecule has 0 radical (unpaired) electrons. The van der Waals surface area contributed by atoms with Crippen LogP contribution in [-0.4, -0.2) is 16.9 Å². The molecule has 0 spiro atoms. The average Bonchev–Trinajstić information content (AvgIpc) is 3.38. The molecule has 8 heteroatoms. The van der Waals surface area contributed by atoms with Crippen molar-refractivity contribution in [1.29, 1.82) is 0 Å². The Morgan fingerprint density at radius 1 is 1.03 bits per heavy atom. The number of nitrogens with zero attached hydrogens (tertiary/aromatic N) is 1. The lowest BCUT2D eigenvalue weighted by Gasteiger charge is -2.32. The van der Waals surface area contributed by atoms with E-state index in [-0.39, 0.29) is 5.82 Å². The van der Waals surface area contributed by atoms with Crippen molar-refractivity contribution in [3.63, 3.8) is 0 Å². The van der Waals surface area contributed by atoms with Gasteiger partial charge in [0.05, 0.1) is 5.02 Å². The molecular formula is C28H24ClFN4O2. The number of halogens is 2. The molecule has 2 aliphatic rings. The number of carboxylic acid groups (broad SMARTS) is 1. The third-order valence-corrected chi connectivity index (χ3v) is 6.79. The van der Waals surface area contributed by atoms with Gasteiger partial charge < -0.3 is 5.11 Å². The average molecular weight is 503 g/mol. The van der Waals surface area contributed by atoms with Crippen molar-refractivity contribution in [3.05, 3.63) is 111 Å². The number of amidine groups is 1. The molecular weight excluding hydrogens is 479 g/mol. The Balaban J connectivity index is 1.67. The van der Waals surface area contributed by atoms with E-state index in [0.717, 1.165) is 64.3 Å². The van der Waals surface area contributed by atoms with E-state index < -0.39 is 5.97 Å². The Hall–Kier alpha value is -3.94. The quantitative estimate of drug-likeness (QED) is 0.249. The Labute approximate surface area is 213 Å². The minimum absolute atomic E-state index is 0.295. The van der Waals surface area contributed by atoms with Gasteiger partial charge in [-0.1, -0.05) is 72.6 Å². The van der Waals surface area contributed by atoms with Crippen molar-refractivity contribution in [1.82, 2.24) is 16.5 Å². The number of carboxylic acids is 1. The Bertz CT molecular complexity index is 1380. The van der Waals surface area contributed by atoms with Crippen molar-refractivity contribution in [2.45, 2.75) is 19.3 Å². The molecule has 1 aliphatic heterocycles. The van der Waals surface area contributed by atoms with Gasteiger partial charge in [0.15, 0.2) is 5.84 Å². The van der Waals surface area contributed by atoms with Crippen LogP contribution in [0.2, 0.25) is 5.02 Å². The summed E-state index contributed by atoms with van der Waals surface area (Å²) in [6, 6.07) is 20.4. The molecule has 1 aliphatic carbocycles. The normalized spacial score (nSPS) is 16.1. The summed E-state index contributed by atoms with van der Waals surface area (Å²) in [6.07, 6.45) is 5.87. The molecule has 0 bridgehead atoms. The van der Waals surface area contributed by atoms with Crippen LogP contribution in [0, 0.1) is 11.7 Å². The number of benzene rings is 3. The maximum absolute atomic E-state index is 13.9. The molecule has 6 nitrogen and oxygen atoms in total. The van der Waals surface area contributed by atoms with E-state index in [0.29, 0.717) is 16.8 Å². The number of hydrazine groups is 2. The van der Waals surface area contributed by atoms with E-state index in [1.807, 2.05) is 48.5 Å². The number of aliphatic carboxylic acids is 1. The minimum Gasteiger partial charge on any atom is -0.478 e. The van der Waals surface area contributed by atoms with Gasteiger partial charge in [0.2, 0.25) is 0 Å². The first kappa shape index (κ1) is 23.8. The third-order valence-electron chi connectivity index (χ3n) is 6.47. The maximum atomic E-state index is 13.9. The summed E-state index contributed by atoms with van der Waals surface area (Å²) in [4.78, 5) is 10.9. The lowest BCUT2D eigenvalue weighted by Crippen LogP contribution is -2.35. The Kier molecular flexibility index (Phi) is 6.84. The second-order valence-electron chi connectivity index (χ2n) is 8.73. The van der Waals surface area contributed by atoms with E-state index in [2.05, 4.69) is 21.6 Å². The Morgan fingerprint density at radius 3 is 2.28 bits per heavy atom. The lowest BCUT2D eigenvalue weighted by atomic mass is 9.73. The Morgan fingerprint density at radius 2 is 1.72 bits per heavy atom. The van der Waals surface area contributed by atoms with Crippen LogP contribution in [0.15, 0.2) is 77.9 Å². The first-order valence-corrected chi connectivity index (χ1v) is 12.0. The summed E-state index contributed by atoms with van der Waals surface area (Å²) in [5.74, 6) is -0.389. The molecule has 3 aromatic carbocycles. The number of hydrazone groups is 1. The van der Waals surface area contributed by atoms with Crippen LogP contribution in [0.1, 0.15) is 47.1 Å². The van der Waals surface area contributed by atoms with Crippen LogP contribution < -0.4 is 16.5 Å². The van der Waals surface area contributed by atoms with Crippen molar-refractivity contribution >= 4 is 40.6 Å². The molecule has 0 saturated heterocycles. The smallest absolute Gasteiger partial charge is 0.328 e. The van der Waals surface area contributed by atoms with Gasteiger partial charge in [0, 0.05) is 11.6 Å². The predicted molar refractivity (Wildman–Crippen MR) is 140 cm³/mol. The molecule has 0 aromatic heterocycles. The molecule has 0 unspecified atom stereocenters. The fraction of sp³-hybridized carbons (Fsp3) is 0.143. The van der Waals surface area contributed by atoms with Gasteiger partial charge in [-0.2, -0.15) is 0 Å². The molecule has 36 heavy (non-hydrogen) atoms. The van der Waals surface area contributed by atoms with Crippen molar-refractivity contribution in [3.8, 4) is 0 Å². The fourth-order valence-corrected chi connectivity index (χ4v) is 4.77. The highest BCUT2D eigenvalue weighted by Gasteiger charge is 2.28. The van der Waals surface area contributed by atoms with Crippen molar-refractivity contribution in [2.75, 3.05) is 0 Å². The molecule has 1 heterocycles. The fourth-order valence-electron chi connectivity index (χ4n) is 4.50. The van der Waals surface area contributed by atoms with Crippen LogP contribution in [0.25, 0.3) is 17.2 Å². The van der Waals surface area contributed by atoms with Crippen LogP contribution >= 0.6 is 11.6 Å². The molecule has 1 fully saturated rings. The highest BCUT2D eigenvalue weighted by Crippen LogP contribution is 2.46. The summed E-state index contributed by atoms with van der Waals surface area (Å²) in [6.45, 7) is 0. The largest absolute Gasteiger partial charge is 0.478 e. The SMILES string of the molecule is O=C(O)/C=C/c1ccc(/C(=C(\c2ccc(F)cc2Cl)C2CCC2)c2ccc(C3=NNNN3)cc2)cc1. The monoisotopic (exact) mass is 502 g/mol. The zero-order valence-electron chi connectivity index (χ0n) is 19.3. The van der Waals surface area contributed by atoms with E-state index in [4.69, 9.17) is 16.7 Å². The van der Waals surface area contributed by atoms with Crippen LogP contribution in [0.5, 0.6) is 0 Å². The van der Waals surface area contributed by atoms with Crippen LogP contribution in [0.4, 0.5) is 4.39 Å². The van der Waals surface area contributed by atoms with Crippen molar-refractivity contribution in [2.24, 2.45) is 11.0 Å².